The van der Waals surface area contributed by atoms with Crippen LogP contribution in [0.2, 0.25) is 0 Å². The zero-order valence-electron chi connectivity index (χ0n) is 9.87. The van der Waals surface area contributed by atoms with Crippen LogP contribution in [0.25, 0.3) is 10.9 Å². The fourth-order valence-electron chi connectivity index (χ4n) is 2.11. The van der Waals surface area contributed by atoms with Gasteiger partial charge in [-0.3, -0.25) is 9.36 Å². The molecule has 0 saturated carbocycles. The van der Waals surface area contributed by atoms with Crippen molar-refractivity contribution in [3.05, 3.63) is 48.4 Å². The molecule has 3 rings (SSSR count). The Morgan fingerprint density at radius 1 is 1.28 bits per heavy atom. The Balaban J connectivity index is 2.21. The highest BCUT2D eigenvalue weighted by molar-refractivity contribution is 6.08. The van der Waals surface area contributed by atoms with Crippen LogP contribution in [0.5, 0.6) is 0 Å². The number of nitrogen functional groups attached to an aromatic ring is 1. The zero-order valence-corrected chi connectivity index (χ0v) is 9.87. The molecular formula is C13H12N4O. The number of nitrogens with two attached hydrogens (primary N) is 1. The van der Waals surface area contributed by atoms with Crippen LogP contribution in [0.3, 0.4) is 0 Å². The summed E-state index contributed by atoms with van der Waals surface area (Å²) in [6.45, 7) is 0. The monoisotopic (exact) mass is 240 g/mol. The van der Waals surface area contributed by atoms with E-state index in [1.54, 1.807) is 12.3 Å². The van der Waals surface area contributed by atoms with E-state index in [4.69, 9.17) is 5.73 Å². The quantitative estimate of drug-likeness (QED) is 0.703. The molecule has 0 amide bonds. The summed E-state index contributed by atoms with van der Waals surface area (Å²) in [5, 5.41) is 0.915. The van der Waals surface area contributed by atoms with Crippen LogP contribution in [0.4, 0.5) is 5.95 Å². The lowest BCUT2D eigenvalue weighted by Crippen LogP contribution is -2.14. The van der Waals surface area contributed by atoms with E-state index >= 15 is 0 Å². The van der Waals surface area contributed by atoms with Gasteiger partial charge >= 0.3 is 0 Å². The summed E-state index contributed by atoms with van der Waals surface area (Å²) >= 11 is 0. The van der Waals surface area contributed by atoms with Gasteiger partial charge in [-0.05, 0) is 18.2 Å². The highest BCUT2D eigenvalue weighted by Crippen LogP contribution is 2.21. The average molecular weight is 240 g/mol. The first kappa shape index (κ1) is 10.6. The molecule has 0 saturated heterocycles. The third-order valence-corrected chi connectivity index (χ3v) is 3.05. The van der Waals surface area contributed by atoms with E-state index in [0.29, 0.717) is 5.56 Å². The van der Waals surface area contributed by atoms with Crippen LogP contribution in [0, 0.1) is 0 Å². The third kappa shape index (κ3) is 1.41. The molecule has 90 valence electrons. The Morgan fingerprint density at radius 2 is 2.11 bits per heavy atom. The number of carbonyl (C=O) groups excluding carboxylic acids is 1. The van der Waals surface area contributed by atoms with Crippen LogP contribution >= 0.6 is 0 Å². The van der Waals surface area contributed by atoms with Gasteiger partial charge in [0.25, 0.3) is 5.91 Å². The smallest absolute Gasteiger partial charge is 0.265 e. The van der Waals surface area contributed by atoms with Crippen molar-refractivity contribution in [2.75, 3.05) is 5.73 Å². The first-order chi connectivity index (χ1) is 8.68. The van der Waals surface area contributed by atoms with Gasteiger partial charge in [0.2, 0.25) is 5.95 Å². The number of hydrogen-bond donors (Lipinski definition) is 1. The molecule has 2 heterocycles. The van der Waals surface area contributed by atoms with Crippen LogP contribution < -0.4 is 5.73 Å². The number of rotatable bonds is 1. The molecule has 2 aromatic heterocycles. The molecule has 0 aliphatic heterocycles. The van der Waals surface area contributed by atoms with Crippen molar-refractivity contribution in [1.29, 1.82) is 0 Å². The van der Waals surface area contributed by atoms with Crippen LogP contribution in [-0.2, 0) is 7.05 Å². The number of nitrogens with zero attached hydrogens (tertiary/aromatic N) is 3. The minimum Gasteiger partial charge on any atom is -0.369 e. The van der Waals surface area contributed by atoms with Crippen molar-refractivity contribution < 1.29 is 4.79 Å². The molecule has 1 aromatic carbocycles. The zero-order chi connectivity index (χ0) is 12.7. The van der Waals surface area contributed by atoms with Crippen LogP contribution in [0.1, 0.15) is 10.4 Å². The fraction of sp³-hybridized carbons (Fsp3) is 0.0769. The van der Waals surface area contributed by atoms with E-state index < -0.39 is 0 Å². The number of carbonyl (C=O) groups is 1. The lowest BCUT2D eigenvalue weighted by Gasteiger charge is -2.05. The van der Waals surface area contributed by atoms with Gasteiger partial charge in [0.05, 0.1) is 0 Å². The van der Waals surface area contributed by atoms with E-state index in [2.05, 4.69) is 4.98 Å². The Labute approximate surface area is 103 Å². The topological polar surface area (TPSA) is 65.8 Å². The van der Waals surface area contributed by atoms with Gasteiger partial charge in [0.15, 0.2) is 0 Å². The standard InChI is InChI=1S/C13H12N4O/c1-16-7-5-9-10(3-2-4-11(9)16)12(18)17-8-6-15-13(17)14/h2-8H,1H3,(H2,14,15). The normalized spacial score (nSPS) is 10.9. The number of benzene rings is 1. The second-order valence-corrected chi connectivity index (χ2v) is 4.13. The van der Waals surface area contributed by atoms with Gasteiger partial charge in [-0.2, -0.15) is 0 Å². The Kier molecular flexibility index (Phi) is 2.19. The lowest BCUT2D eigenvalue weighted by molar-refractivity contribution is 0.0964. The van der Waals surface area contributed by atoms with Crippen LogP contribution in [0.15, 0.2) is 42.9 Å². The van der Waals surface area contributed by atoms with E-state index in [1.807, 2.05) is 36.0 Å². The molecule has 0 radical (unpaired) electrons. The maximum absolute atomic E-state index is 12.4. The Morgan fingerprint density at radius 3 is 2.83 bits per heavy atom. The van der Waals surface area contributed by atoms with Crippen LogP contribution in [-0.4, -0.2) is 20.0 Å². The molecular weight excluding hydrogens is 228 g/mol. The molecule has 18 heavy (non-hydrogen) atoms. The van der Waals surface area contributed by atoms with Crippen molar-refractivity contribution >= 4 is 22.8 Å². The molecule has 5 heteroatoms. The average Bonchev–Trinajstić information content (AvgIpc) is 2.95. The third-order valence-electron chi connectivity index (χ3n) is 3.05. The molecule has 2 N–H and O–H groups in total. The largest absolute Gasteiger partial charge is 0.369 e. The SMILES string of the molecule is Cn1ccc2c(C(=O)n3ccnc3N)cccc21. The second-order valence-electron chi connectivity index (χ2n) is 4.13. The highest BCUT2D eigenvalue weighted by Gasteiger charge is 2.14. The van der Waals surface area contributed by atoms with Gasteiger partial charge in [-0.25, -0.2) is 4.98 Å². The van der Waals surface area contributed by atoms with Crippen molar-refractivity contribution in [3.63, 3.8) is 0 Å². The van der Waals surface area contributed by atoms with Gasteiger partial charge < -0.3 is 10.3 Å². The molecule has 0 fully saturated rings. The van der Waals surface area contributed by atoms with Crippen molar-refractivity contribution in [1.82, 2.24) is 14.1 Å². The van der Waals surface area contributed by atoms with Crippen molar-refractivity contribution in [2.45, 2.75) is 0 Å². The van der Waals surface area contributed by atoms with Gasteiger partial charge in [0, 0.05) is 42.1 Å². The Bertz CT molecular complexity index is 738. The summed E-state index contributed by atoms with van der Waals surface area (Å²) in [6, 6.07) is 7.56. The summed E-state index contributed by atoms with van der Waals surface area (Å²) in [5.41, 5.74) is 7.29. The minimum atomic E-state index is -0.165. The molecule has 0 aliphatic rings. The molecule has 0 aliphatic carbocycles. The number of hydrogen-bond acceptors (Lipinski definition) is 3. The number of aromatic nitrogens is 3. The maximum atomic E-state index is 12.4. The number of anilines is 1. The summed E-state index contributed by atoms with van der Waals surface area (Å²) in [7, 11) is 1.95. The van der Waals surface area contributed by atoms with E-state index in [0.717, 1.165) is 10.9 Å². The van der Waals surface area contributed by atoms with E-state index in [1.165, 1.54) is 10.8 Å². The molecule has 0 spiro atoms. The van der Waals surface area contributed by atoms with Crippen molar-refractivity contribution in [3.8, 4) is 0 Å². The van der Waals surface area contributed by atoms with E-state index in [9.17, 15) is 4.79 Å². The Hall–Kier alpha value is -2.56. The predicted molar refractivity (Wildman–Crippen MR) is 69.3 cm³/mol. The summed E-state index contributed by atoms with van der Waals surface area (Å²) in [6.07, 6.45) is 5.01. The summed E-state index contributed by atoms with van der Waals surface area (Å²) < 4.78 is 3.32. The predicted octanol–water partition coefficient (Wildman–Crippen LogP) is 1.65. The minimum absolute atomic E-state index is 0.165. The first-order valence-electron chi connectivity index (χ1n) is 5.56. The summed E-state index contributed by atoms with van der Waals surface area (Å²) in [4.78, 5) is 16.2. The van der Waals surface area contributed by atoms with Gasteiger partial charge in [0.1, 0.15) is 0 Å². The molecule has 3 aromatic rings. The van der Waals surface area contributed by atoms with Gasteiger partial charge in [-0.15, -0.1) is 0 Å². The number of fused-ring (bicyclic) bond motifs is 1. The number of aryl methyl sites for hydroxylation is 1. The molecule has 5 nitrogen and oxygen atoms in total. The lowest BCUT2D eigenvalue weighted by atomic mass is 10.1. The fourth-order valence-corrected chi connectivity index (χ4v) is 2.11. The molecule has 0 unspecified atom stereocenters. The van der Waals surface area contributed by atoms with Gasteiger partial charge in [-0.1, -0.05) is 6.07 Å². The van der Waals surface area contributed by atoms with Crippen molar-refractivity contribution in [2.24, 2.45) is 7.05 Å². The van der Waals surface area contributed by atoms with E-state index in [-0.39, 0.29) is 11.9 Å². The summed E-state index contributed by atoms with van der Waals surface area (Å²) in [5.74, 6) is 0.0368. The molecule has 0 bridgehead atoms. The second kappa shape index (κ2) is 3.73. The highest BCUT2D eigenvalue weighted by atomic mass is 16.2. The molecule has 0 atom stereocenters. The maximum Gasteiger partial charge on any atom is 0.265 e. The number of imidazole rings is 1. The first-order valence-corrected chi connectivity index (χ1v) is 5.56.